The Labute approximate surface area is 72.8 Å². The van der Waals surface area contributed by atoms with Crippen molar-refractivity contribution in [2.24, 2.45) is 0 Å². The Morgan fingerprint density at radius 3 is 2.83 bits per heavy atom. The third-order valence-electron chi connectivity index (χ3n) is 2.75. The first-order valence-electron chi connectivity index (χ1n) is 4.68. The first-order chi connectivity index (χ1) is 5.92. The van der Waals surface area contributed by atoms with E-state index in [-0.39, 0.29) is 6.61 Å². The van der Waals surface area contributed by atoms with Crippen molar-refractivity contribution >= 4 is 0 Å². The first-order valence-corrected chi connectivity index (χ1v) is 4.68. The molecule has 1 fully saturated rings. The summed E-state index contributed by atoms with van der Waals surface area (Å²) in [6.45, 7) is 0.170. The van der Waals surface area contributed by atoms with Gasteiger partial charge in [-0.15, -0.1) is 0 Å². The number of aromatic nitrogens is 1. The number of hydrogen-bond acceptors (Lipinski definition) is 1. The Bertz CT molecular complexity index is 248. The monoisotopic (exact) mass is 165 g/mol. The standard InChI is InChI=1S/C10H15NO/c12-8-10-6-3-7-11(10)9-4-1-2-5-9/h3,6-7,9,12H,1-2,4-5,8H2. The lowest BCUT2D eigenvalue weighted by Gasteiger charge is -2.14. The minimum absolute atomic E-state index is 0.170. The lowest BCUT2D eigenvalue weighted by molar-refractivity contribution is 0.266. The first kappa shape index (κ1) is 7.87. The topological polar surface area (TPSA) is 25.2 Å². The summed E-state index contributed by atoms with van der Waals surface area (Å²) < 4.78 is 2.23. The Morgan fingerprint density at radius 1 is 1.42 bits per heavy atom. The molecule has 0 spiro atoms. The highest BCUT2D eigenvalue weighted by molar-refractivity contribution is 5.07. The molecule has 1 aromatic rings. The molecule has 0 bridgehead atoms. The fourth-order valence-electron chi connectivity index (χ4n) is 2.10. The van der Waals surface area contributed by atoms with Crippen LogP contribution < -0.4 is 0 Å². The second-order valence-electron chi connectivity index (χ2n) is 3.50. The average molecular weight is 165 g/mol. The maximum atomic E-state index is 9.05. The van der Waals surface area contributed by atoms with Crippen molar-refractivity contribution in [2.75, 3.05) is 0 Å². The summed E-state index contributed by atoms with van der Waals surface area (Å²) in [6, 6.07) is 4.67. The summed E-state index contributed by atoms with van der Waals surface area (Å²) >= 11 is 0. The van der Waals surface area contributed by atoms with Crippen LogP contribution in [0.25, 0.3) is 0 Å². The fourth-order valence-corrected chi connectivity index (χ4v) is 2.10. The van der Waals surface area contributed by atoms with Crippen molar-refractivity contribution in [1.82, 2.24) is 4.57 Å². The van der Waals surface area contributed by atoms with Gasteiger partial charge in [0.2, 0.25) is 0 Å². The van der Waals surface area contributed by atoms with Gasteiger partial charge in [-0.2, -0.15) is 0 Å². The SMILES string of the molecule is OCc1cccn1C1CCCC1. The van der Waals surface area contributed by atoms with E-state index in [9.17, 15) is 0 Å². The Kier molecular flexibility index (Phi) is 2.17. The summed E-state index contributed by atoms with van der Waals surface area (Å²) in [5.41, 5.74) is 1.06. The van der Waals surface area contributed by atoms with Crippen molar-refractivity contribution in [1.29, 1.82) is 0 Å². The van der Waals surface area contributed by atoms with Crippen molar-refractivity contribution < 1.29 is 5.11 Å². The highest BCUT2D eigenvalue weighted by atomic mass is 16.3. The highest BCUT2D eigenvalue weighted by Gasteiger charge is 2.17. The molecule has 1 aromatic heterocycles. The molecule has 12 heavy (non-hydrogen) atoms. The molecule has 0 aliphatic heterocycles. The van der Waals surface area contributed by atoms with E-state index in [2.05, 4.69) is 10.8 Å². The van der Waals surface area contributed by atoms with Crippen molar-refractivity contribution in [3.63, 3.8) is 0 Å². The van der Waals surface area contributed by atoms with Crippen LogP contribution in [0, 0.1) is 0 Å². The molecule has 1 aliphatic rings. The number of rotatable bonds is 2. The molecule has 1 saturated carbocycles. The maximum absolute atomic E-state index is 9.05. The van der Waals surface area contributed by atoms with Gasteiger partial charge in [-0.05, 0) is 25.0 Å². The zero-order chi connectivity index (χ0) is 8.39. The van der Waals surface area contributed by atoms with E-state index in [4.69, 9.17) is 5.11 Å². The van der Waals surface area contributed by atoms with E-state index >= 15 is 0 Å². The maximum Gasteiger partial charge on any atom is 0.0832 e. The van der Waals surface area contributed by atoms with Gasteiger partial charge >= 0.3 is 0 Å². The summed E-state index contributed by atoms with van der Waals surface area (Å²) in [4.78, 5) is 0. The quantitative estimate of drug-likeness (QED) is 0.713. The second-order valence-corrected chi connectivity index (χ2v) is 3.50. The molecule has 1 heterocycles. The van der Waals surface area contributed by atoms with Gasteiger partial charge in [-0.3, -0.25) is 0 Å². The predicted octanol–water partition coefficient (Wildman–Crippen LogP) is 2.10. The predicted molar refractivity (Wildman–Crippen MR) is 47.9 cm³/mol. The largest absolute Gasteiger partial charge is 0.390 e. The van der Waals surface area contributed by atoms with Crippen LogP contribution in [0.2, 0.25) is 0 Å². The third kappa shape index (κ3) is 1.27. The van der Waals surface area contributed by atoms with Gasteiger partial charge in [0.1, 0.15) is 0 Å². The summed E-state index contributed by atoms with van der Waals surface area (Å²) in [5.74, 6) is 0. The van der Waals surface area contributed by atoms with E-state index in [1.807, 2.05) is 12.1 Å². The number of hydrogen-bond donors (Lipinski definition) is 1. The number of aliphatic hydroxyl groups excluding tert-OH is 1. The molecule has 2 nitrogen and oxygen atoms in total. The molecule has 0 saturated heterocycles. The van der Waals surface area contributed by atoms with Gasteiger partial charge < -0.3 is 9.67 Å². The molecule has 2 heteroatoms. The second kappa shape index (κ2) is 3.31. The van der Waals surface area contributed by atoms with Crippen LogP contribution in [-0.2, 0) is 6.61 Å². The summed E-state index contributed by atoms with van der Waals surface area (Å²) in [5, 5.41) is 9.05. The average Bonchev–Trinajstić information content (AvgIpc) is 2.74. The van der Waals surface area contributed by atoms with Crippen LogP contribution in [0.15, 0.2) is 18.3 Å². The summed E-state index contributed by atoms with van der Waals surface area (Å²) in [7, 11) is 0. The molecule has 0 radical (unpaired) electrons. The van der Waals surface area contributed by atoms with Crippen molar-refractivity contribution in [3.8, 4) is 0 Å². The molecular formula is C10H15NO. The number of aliphatic hydroxyl groups is 1. The van der Waals surface area contributed by atoms with E-state index in [1.165, 1.54) is 25.7 Å². The Balaban J connectivity index is 2.19. The molecule has 0 amide bonds. The normalized spacial score (nSPS) is 18.8. The molecule has 0 unspecified atom stereocenters. The Hall–Kier alpha value is -0.760. The van der Waals surface area contributed by atoms with Gasteiger partial charge in [0.15, 0.2) is 0 Å². The lowest BCUT2D eigenvalue weighted by atomic mass is 10.2. The van der Waals surface area contributed by atoms with Crippen LogP contribution in [0.3, 0.4) is 0 Å². The van der Waals surface area contributed by atoms with Crippen LogP contribution in [0.5, 0.6) is 0 Å². The molecule has 2 rings (SSSR count). The molecule has 1 aliphatic carbocycles. The lowest BCUT2D eigenvalue weighted by Crippen LogP contribution is -2.06. The fraction of sp³-hybridized carbons (Fsp3) is 0.600. The molecule has 66 valence electrons. The van der Waals surface area contributed by atoms with Gasteiger partial charge in [0.05, 0.1) is 6.61 Å². The van der Waals surface area contributed by atoms with Gasteiger partial charge in [-0.1, -0.05) is 12.8 Å². The van der Waals surface area contributed by atoms with Crippen LogP contribution in [0.1, 0.15) is 37.4 Å². The van der Waals surface area contributed by atoms with Gasteiger partial charge in [0, 0.05) is 17.9 Å². The minimum atomic E-state index is 0.170. The molecule has 0 aromatic carbocycles. The summed E-state index contributed by atoms with van der Waals surface area (Å²) in [6.07, 6.45) is 7.33. The minimum Gasteiger partial charge on any atom is -0.390 e. The van der Waals surface area contributed by atoms with E-state index in [1.54, 1.807) is 0 Å². The number of nitrogens with zero attached hydrogens (tertiary/aromatic N) is 1. The van der Waals surface area contributed by atoms with Crippen LogP contribution in [-0.4, -0.2) is 9.67 Å². The van der Waals surface area contributed by atoms with E-state index in [0.29, 0.717) is 6.04 Å². The zero-order valence-electron chi connectivity index (χ0n) is 7.24. The van der Waals surface area contributed by atoms with Gasteiger partial charge in [-0.25, -0.2) is 0 Å². The smallest absolute Gasteiger partial charge is 0.0832 e. The van der Waals surface area contributed by atoms with E-state index < -0.39 is 0 Å². The van der Waals surface area contributed by atoms with E-state index in [0.717, 1.165) is 5.69 Å². The third-order valence-corrected chi connectivity index (χ3v) is 2.75. The van der Waals surface area contributed by atoms with Crippen molar-refractivity contribution in [3.05, 3.63) is 24.0 Å². The van der Waals surface area contributed by atoms with Crippen LogP contribution in [0.4, 0.5) is 0 Å². The van der Waals surface area contributed by atoms with Gasteiger partial charge in [0.25, 0.3) is 0 Å². The Morgan fingerprint density at radius 2 is 2.17 bits per heavy atom. The highest BCUT2D eigenvalue weighted by Crippen LogP contribution is 2.30. The van der Waals surface area contributed by atoms with Crippen molar-refractivity contribution in [2.45, 2.75) is 38.3 Å². The van der Waals surface area contributed by atoms with Crippen LogP contribution >= 0.6 is 0 Å². The zero-order valence-corrected chi connectivity index (χ0v) is 7.24. The molecular weight excluding hydrogens is 150 g/mol. The molecule has 1 N–H and O–H groups in total. The molecule has 0 atom stereocenters.